The van der Waals surface area contributed by atoms with Crippen LogP contribution < -0.4 is 5.01 Å². The number of benzene rings is 2. The van der Waals surface area contributed by atoms with Gasteiger partial charge in [-0.25, -0.2) is 4.79 Å². The van der Waals surface area contributed by atoms with E-state index in [0.717, 1.165) is 5.56 Å². The van der Waals surface area contributed by atoms with Gasteiger partial charge in [0, 0.05) is 10.6 Å². The molecule has 0 fully saturated rings. The molecule has 0 unspecified atom stereocenters. The quantitative estimate of drug-likeness (QED) is 0.388. The maximum atomic E-state index is 12.9. The average molecular weight is 435 g/mol. The Labute approximate surface area is 184 Å². The van der Waals surface area contributed by atoms with E-state index >= 15 is 0 Å². The van der Waals surface area contributed by atoms with Gasteiger partial charge in [-0.05, 0) is 62.4 Å². The van der Waals surface area contributed by atoms with Gasteiger partial charge >= 0.3 is 5.97 Å². The molecule has 7 heteroatoms. The van der Waals surface area contributed by atoms with Crippen molar-refractivity contribution in [2.24, 2.45) is 5.10 Å². The maximum Gasteiger partial charge on any atom is 0.338 e. The van der Waals surface area contributed by atoms with Gasteiger partial charge in [-0.1, -0.05) is 29.8 Å². The number of hydrogen-bond donors (Lipinski definition) is 0. The lowest BCUT2D eigenvalue weighted by molar-refractivity contribution is -0.114. The van der Waals surface area contributed by atoms with Crippen LogP contribution >= 0.6 is 11.6 Å². The van der Waals surface area contributed by atoms with Crippen molar-refractivity contribution in [3.63, 3.8) is 0 Å². The number of amides is 1. The highest BCUT2D eigenvalue weighted by atomic mass is 35.5. The first-order chi connectivity index (χ1) is 15.0. The highest BCUT2D eigenvalue weighted by molar-refractivity contribution is 6.33. The summed E-state index contributed by atoms with van der Waals surface area (Å²) in [4.78, 5) is 24.7. The number of esters is 1. The standard InChI is InChI=1S/C24H19ClN2O4/c1-3-30-24(29)17-9-7-16(8-10-17)22-12-11-20(31-22)14-21-15(2)26-27(23(21)28)19-6-4-5-18(25)13-19/h4-14H,3H2,1-2H3. The van der Waals surface area contributed by atoms with Crippen molar-refractivity contribution in [3.8, 4) is 11.3 Å². The van der Waals surface area contributed by atoms with Gasteiger partial charge in [0.05, 0.1) is 29.1 Å². The highest BCUT2D eigenvalue weighted by Gasteiger charge is 2.29. The molecule has 0 saturated carbocycles. The lowest BCUT2D eigenvalue weighted by Crippen LogP contribution is -2.21. The molecule has 3 aromatic rings. The van der Waals surface area contributed by atoms with Gasteiger partial charge in [-0.15, -0.1) is 0 Å². The van der Waals surface area contributed by atoms with E-state index in [1.54, 1.807) is 74.5 Å². The second kappa shape index (κ2) is 8.62. The van der Waals surface area contributed by atoms with E-state index in [4.69, 9.17) is 20.8 Å². The molecule has 4 rings (SSSR count). The minimum absolute atomic E-state index is 0.253. The first-order valence-corrected chi connectivity index (χ1v) is 10.1. The van der Waals surface area contributed by atoms with Gasteiger partial charge in [0.15, 0.2) is 0 Å². The van der Waals surface area contributed by atoms with E-state index in [2.05, 4.69) is 5.10 Å². The molecule has 0 aliphatic carbocycles. The van der Waals surface area contributed by atoms with Crippen molar-refractivity contribution in [1.29, 1.82) is 0 Å². The molecule has 1 amide bonds. The third kappa shape index (κ3) is 4.29. The lowest BCUT2D eigenvalue weighted by Gasteiger charge is -2.11. The van der Waals surface area contributed by atoms with Gasteiger partial charge in [-0.2, -0.15) is 10.1 Å². The van der Waals surface area contributed by atoms with Crippen molar-refractivity contribution in [1.82, 2.24) is 0 Å². The predicted octanol–water partition coefficient (Wildman–Crippen LogP) is 5.58. The Hall–Kier alpha value is -3.64. The number of hydrazone groups is 1. The zero-order valence-corrected chi connectivity index (χ0v) is 17.7. The number of furan rings is 1. The van der Waals surface area contributed by atoms with Crippen molar-refractivity contribution < 1.29 is 18.7 Å². The van der Waals surface area contributed by atoms with E-state index in [1.165, 1.54) is 5.01 Å². The number of anilines is 1. The molecule has 2 heterocycles. The largest absolute Gasteiger partial charge is 0.462 e. The zero-order valence-electron chi connectivity index (χ0n) is 17.0. The highest BCUT2D eigenvalue weighted by Crippen LogP contribution is 2.29. The van der Waals surface area contributed by atoms with Crippen LogP contribution in [0.3, 0.4) is 0 Å². The Kier molecular flexibility index (Phi) is 5.73. The van der Waals surface area contributed by atoms with Crippen molar-refractivity contribution in [2.45, 2.75) is 13.8 Å². The Morgan fingerprint density at radius 3 is 2.65 bits per heavy atom. The normalized spacial score (nSPS) is 14.8. The number of halogens is 1. The molecule has 0 radical (unpaired) electrons. The van der Waals surface area contributed by atoms with Crippen LogP contribution in [0.25, 0.3) is 17.4 Å². The number of ether oxygens (including phenoxy) is 1. The van der Waals surface area contributed by atoms with E-state index in [-0.39, 0.29) is 11.9 Å². The number of carbonyl (C=O) groups excluding carboxylic acids is 2. The van der Waals surface area contributed by atoms with Crippen molar-refractivity contribution in [2.75, 3.05) is 11.6 Å². The molecule has 0 spiro atoms. The molecule has 1 aliphatic heterocycles. The number of rotatable bonds is 5. The summed E-state index contributed by atoms with van der Waals surface area (Å²) < 4.78 is 10.9. The Morgan fingerprint density at radius 2 is 1.94 bits per heavy atom. The van der Waals surface area contributed by atoms with E-state index in [9.17, 15) is 9.59 Å². The van der Waals surface area contributed by atoms with Crippen LogP contribution in [0.15, 0.2) is 75.8 Å². The summed E-state index contributed by atoms with van der Waals surface area (Å²) in [6.07, 6.45) is 1.67. The van der Waals surface area contributed by atoms with Crippen molar-refractivity contribution >= 4 is 41.0 Å². The summed E-state index contributed by atoms with van der Waals surface area (Å²) in [5.41, 5.74) is 2.91. The SMILES string of the molecule is CCOC(=O)c1ccc(-c2ccc(C=C3C(=O)N(c4cccc(Cl)c4)N=C3C)o2)cc1. The molecule has 0 bridgehead atoms. The second-order valence-electron chi connectivity index (χ2n) is 6.84. The first kappa shape index (κ1) is 20.6. The maximum absolute atomic E-state index is 12.9. The summed E-state index contributed by atoms with van der Waals surface area (Å²) >= 11 is 6.04. The van der Waals surface area contributed by atoms with Crippen LogP contribution in [0, 0.1) is 0 Å². The topological polar surface area (TPSA) is 72.1 Å². The molecule has 156 valence electrons. The molecule has 2 aromatic carbocycles. The number of carbonyl (C=O) groups is 2. The van der Waals surface area contributed by atoms with Crippen molar-refractivity contribution in [3.05, 3.63) is 82.6 Å². The van der Waals surface area contributed by atoms with Crippen LogP contribution in [-0.2, 0) is 9.53 Å². The van der Waals surface area contributed by atoms with Gasteiger partial charge in [-0.3, -0.25) is 4.79 Å². The Morgan fingerprint density at radius 1 is 1.16 bits per heavy atom. The van der Waals surface area contributed by atoms with Gasteiger partial charge < -0.3 is 9.15 Å². The molecule has 1 aromatic heterocycles. The monoisotopic (exact) mass is 434 g/mol. The number of hydrogen-bond acceptors (Lipinski definition) is 5. The zero-order chi connectivity index (χ0) is 22.0. The molecule has 6 nitrogen and oxygen atoms in total. The fraction of sp³-hybridized carbons (Fsp3) is 0.125. The Bertz CT molecular complexity index is 1210. The Balaban J connectivity index is 1.55. The third-order valence-corrected chi connectivity index (χ3v) is 4.94. The van der Waals surface area contributed by atoms with E-state index < -0.39 is 0 Å². The second-order valence-corrected chi connectivity index (χ2v) is 7.28. The smallest absolute Gasteiger partial charge is 0.338 e. The summed E-state index contributed by atoms with van der Waals surface area (Å²) in [5.74, 6) is 0.526. The summed E-state index contributed by atoms with van der Waals surface area (Å²) in [6, 6.07) is 17.5. The summed E-state index contributed by atoms with van der Waals surface area (Å²) in [5, 5.41) is 6.21. The van der Waals surface area contributed by atoms with E-state index in [0.29, 0.717) is 45.7 Å². The fourth-order valence-electron chi connectivity index (χ4n) is 3.18. The predicted molar refractivity (Wildman–Crippen MR) is 120 cm³/mol. The molecule has 0 atom stereocenters. The minimum atomic E-state index is -0.363. The van der Waals surface area contributed by atoms with Crippen LogP contribution in [0.1, 0.15) is 30.0 Å². The average Bonchev–Trinajstić information content (AvgIpc) is 3.34. The van der Waals surface area contributed by atoms with Gasteiger partial charge in [0.2, 0.25) is 0 Å². The van der Waals surface area contributed by atoms with E-state index in [1.807, 2.05) is 6.07 Å². The molecule has 1 aliphatic rings. The van der Waals surface area contributed by atoms with Gasteiger partial charge in [0.1, 0.15) is 11.5 Å². The van der Waals surface area contributed by atoms with Crippen LogP contribution in [0.4, 0.5) is 5.69 Å². The number of nitrogens with zero attached hydrogens (tertiary/aromatic N) is 2. The minimum Gasteiger partial charge on any atom is -0.462 e. The molecule has 31 heavy (non-hydrogen) atoms. The molecular formula is C24H19ClN2O4. The van der Waals surface area contributed by atoms with Crippen LogP contribution in [0.2, 0.25) is 5.02 Å². The molecular weight excluding hydrogens is 416 g/mol. The third-order valence-electron chi connectivity index (χ3n) is 4.71. The molecule has 0 saturated heterocycles. The molecule has 0 N–H and O–H groups in total. The summed E-state index contributed by atoms with van der Waals surface area (Å²) in [6.45, 7) is 3.86. The van der Waals surface area contributed by atoms with Crippen LogP contribution in [-0.4, -0.2) is 24.2 Å². The summed E-state index contributed by atoms with van der Waals surface area (Å²) in [7, 11) is 0. The first-order valence-electron chi connectivity index (χ1n) is 9.71. The van der Waals surface area contributed by atoms with Crippen LogP contribution in [0.5, 0.6) is 0 Å². The fourth-order valence-corrected chi connectivity index (χ4v) is 3.36. The van der Waals surface area contributed by atoms with Gasteiger partial charge in [0.25, 0.3) is 5.91 Å². The lowest BCUT2D eigenvalue weighted by atomic mass is 10.1.